The minimum atomic E-state index is -0.776. The number of aryl methyl sites for hydroxylation is 2. The van der Waals surface area contributed by atoms with Crippen molar-refractivity contribution < 1.29 is 9.90 Å². The van der Waals surface area contributed by atoms with Crippen LogP contribution in [0.25, 0.3) is 0 Å². The quantitative estimate of drug-likeness (QED) is 0.841. The summed E-state index contributed by atoms with van der Waals surface area (Å²) in [5, 5.41) is 9.05. The molecule has 18 heavy (non-hydrogen) atoms. The molecule has 0 radical (unpaired) electrons. The van der Waals surface area contributed by atoms with Crippen molar-refractivity contribution in [2.75, 3.05) is 18.0 Å². The van der Waals surface area contributed by atoms with Crippen molar-refractivity contribution in [1.82, 2.24) is 0 Å². The Morgan fingerprint density at radius 2 is 1.83 bits per heavy atom. The Morgan fingerprint density at radius 1 is 1.28 bits per heavy atom. The number of benzene rings is 1. The molecule has 0 spiro atoms. The maximum absolute atomic E-state index is 11.0. The molecule has 0 atom stereocenters. The van der Waals surface area contributed by atoms with Crippen LogP contribution in [0.1, 0.15) is 31.4 Å². The van der Waals surface area contributed by atoms with Crippen LogP contribution in [-0.2, 0) is 4.79 Å². The molecule has 0 fully saturated rings. The second-order valence-corrected chi connectivity index (χ2v) is 5.24. The van der Waals surface area contributed by atoms with Gasteiger partial charge in [-0.1, -0.05) is 32.0 Å². The number of nitrogens with zero attached hydrogens (tertiary/aromatic N) is 1. The highest BCUT2D eigenvalue weighted by molar-refractivity contribution is 5.75. The van der Waals surface area contributed by atoms with Crippen molar-refractivity contribution in [3.63, 3.8) is 0 Å². The molecule has 0 aliphatic heterocycles. The third-order valence-electron chi connectivity index (χ3n) is 3.06. The van der Waals surface area contributed by atoms with Gasteiger partial charge in [0.15, 0.2) is 0 Å². The van der Waals surface area contributed by atoms with Crippen LogP contribution in [-0.4, -0.2) is 24.2 Å². The van der Waals surface area contributed by atoms with Crippen LogP contribution < -0.4 is 4.90 Å². The zero-order valence-corrected chi connectivity index (χ0v) is 11.7. The van der Waals surface area contributed by atoms with E-state index in [-0.39, 0.29) is 6.54 Å². The maximum atomic E-state index is 11.0. The number of para-hydroxylation sites is 1. The fourth-order valence-electron chi connectivity index (χ4n) is 2.15. The minimum Gasteiger partial charge on any atom is -0.480 e. The van der Waals surface area contributed by atoms with Crippen LogP contribution in [0.4, 0.5) is 5.69 Å². The number of hydrogen-bond acceptors (Lipinski definition) is 2. The van der Waals surface area contributed by atoms with Crippen molar-refractivity contribution >= 4 is 11.7 Å². The maximum Gasteiger partial charge on any atom is 0.323 e. The predicted molar refractivity (Wildman–Crippen MR) is 75.2 cm³/mol. The van der Waals surface area contributed by atoms with Crippen molar-refractivity contribution in [3.05, 3.63) is 29.3 Å². The third-order valence-corrected chi connectivity index (χ3v) is 3.06. The lowest BCUT2D eigenvalue weighted by molar-refractivity contribution is -0.135. The molecule has 0 saturated heterocycles. The first-order valence-electron chi connectivity index (χ1n) is 6.44. The number of aliphatic carboxylic acids is 1. The molecular formula is C15H23NO2. The van der Waals surface area contributed by atoms with Crippen LogP contribution in [0.3, 0.4) is 0 Å². The molecule has 0 aliphatic rings. The lowest BCUT2D eigenvalue weighted by Gasteiger charge is -2.27. The molecule has 0 unspecified atom stereocenters. The average Bonchev–Trinajstić information content (AvgIpc) is 2.24. The van der Waals surface area contributed by atoms with E-state index in [4.69, 9.17) is 5.11 Å². The molecule has 3 nitrogen and oxygen atoms in total. The van der Waals surface area contributed by atoms with E-state index in [0.29, 0.717) is 5.92 Å². The molecule has 1 rings (SSSR count). The van der Waals surface area contributed by atoms with E-state index in [1.807, 2.05) is 36.9 Å². The first kappa shape index (κ1) is 14.6. The van der Waals surface area contributed by atoms with Gasteiger partial charge in [0.1, 0.15) is 6.54 Å². The molecule has 1 aromatic carbocycles. The highest BCUT2D eigenvalue weighted by Crippen LogP contribution is 2.25. The Kier molecular flexibility index (Phi) is 5.20. The molecule has 0 saturated carbocycles. The normalized spacial score (nSPS) is 10.7. The fraction of sp³-hybridized carbons (Fsp3) is 0.533. The monoisotopic (exact) mass is 249 g/mol. The van der Waals surface area contributed by atoms with E-state index in [1.165, 1.54) is 0 Å². The second kappa shape index (κ2) is 6.43. The molecule has 0 amide bonds. The van der Waals surface area contributed by atoms with E-state index in [1.54, 1.807) is 0 Å². The van der Waals surface area contributed by atoms with Crippen molar-refractivity contribution in [3.8, 4) is 0 Å². The number of carboxylic acid groups (broad SMARTS) is 1. The highest BCUT2D eigenvalue weighted by Gasteiger charge is 2.15. The molecule has 0 heterocycles. The van der Waals surface area contributed by atoms with Gasteiger partial charge in [0.25, 0.3) is 0 Å². The van der Waals surface area contributed by atoms with E-state index in [9.17, 15) is 4.79 Å². The summed E-state index contributed by atoms with van der Waals surface area (Å²) in [5.41, 5.74) is 3.35. The van der Waals surface area contributed by atoms with Gasteiger partial charge in [0, 0.05) is 12.2 Å². The Labute approximate surface area is 109 Å². The number of carbonyl (C=O) groups is 1. The van der Waals surface area contributed by atoms with Gasteiger partial charge in [-0.15, -0.1) is 0 Å². The third kappa shape index (κ3) is 4.06. The standard InChI is InChI=1S/C15H23NO2/c1-11(2)8-9-16(10-14(17)18)15-12(3)6-5-7-13(15)4/h5-7,11H,8-10H2,1-4H3,(H,17,18). The summed E-state index contributed by atoms with van der Waals surface area (Å²) < 4.78 is 0. The fourth-order valence-corrected chi connectivity index (χ4v) is 2.15. The first-order chi connectivity index (χ1) is 8.41. The van der Waals surface area contributed by atoms with Crippen molar-refractivity contribution in [2.45, 2.75) is 34.1 Å². The summed E-state index contributed by atoms with van der Waals surface area (Å²) >= 11 is 0. The summed E-state index contributed by atoms with van der Waals surface area (Å²) in [6, 6.07) is 6.08. The number of hydrogen-bond donors (Lipinski definition) is 1. The van der Waals surface area contributed by atoms with Gasteiger partial charge in [-0.2, -0.15) is 0 Å². The summed E-state index contributed by atoms with van der Waals surface area (Å²) in [6.45, 7) is 9.24. The van der Waals surface area contributed by atoms with Gasteiger partial charge in [0.2, 0.25) is 0 Å². The smallest absolute Gasteiger partial charge is 0.323 e. The zero-order chi connectivity index (χ0) is 13.7. The lowest BCUT2D eigenvalue weighted by atomic mass is 10.1. The van der Waals surface area contributed by atoms with Gasteiger partial charge in [-0.05, 0) is 37.3 Å². The predicted octanol–water partition coefficient (Wildman–Crippen LogP) is 3.24. The number of rotatable bonds is 6. The summed E-state index contributed by atoms with van der Waals surface area (Å²) in [6.07, 6.45) is 1.00. The Morgan fingerprint density at radius 3 is 2.28 bits per heavy atom. The van der Waals surface area contributed by atoms with E-state index >= 15 is 0 Å². The SMILES string of the molecule is Cc1cccc(C)c1N(CCC(C)C)CC(=O)O. The van der Waals surface area contributed by atoms with Crippen LogP contribution in [0.5, 0.6) is 0 Å². The molecule has 3 heteroatoms. The lowest BCUT2D eigenvalue weighted by Crippen LogP contribution is -2.32. The van der Waals surface area contributed by atoms with Gasteiger partial charge in [-0.3, -0.25) is 4.79 Å². The molecule has 0 bridgehead atoms. The van der Waals surface area contributed by atoms with Gasteiger partial charge in [0.05, 0.1) is 0 Å². The number of anilines is 1. The van der Waals surface area contributed by atoms with E-state index in [2.05, 4.69) is 13.8 Å². The molecular weight excluding hydrogens is 226 g/mol. The van der Waals surface area contributed by atoms with Crippen molar-refractivity contribution in [2.24, 2.45) is 5.92 Å². The molecule has 100 valence electrons. The largest absolute Gasteiger partial charge is 0.480 e. The number of carboxylic acids is 1. The topological polar surface area (TPSA) is 40.5 Å². The van der Waals surface area contributed by atoms with E-state index in [0.717, 1.165) is 29.8 Å². The van der Waals surface area contributed by atoms with Crippen LogP contribution in [0.2, 0.25) is 0 Å². The minimum absolute atomic E-state index is 0.0679. The van der Waals surface area contributed by atoms with E-state index < -0.39 is 5.97 Å². The van der Waals surface area contributed by atoms with Gasteiger partial charge in [-0.25, -0.2) is 0 Å². The summed E-state index contributed by atoms with van der Waals surface area (Å²) in [4.78, 5) is 13.0. The molecule has 1 aromatic rings. The summed E-state index contributed by atoms with van der Waals surface area (Å²) in [7, 11) is 0. The zero-order valence-electron chi connectivity index (χ0n) is 11.7. The molecule has 1 N–H and O–H groups in total. The highest BCUT2D eigenvalue weighted by atomic mass is 16.4. The second-order valence-electron chi connectivity index (χ2n) is 5.24. The Balaban J connectivity index is 2.97. The molecule has 0 aliphatic carbocycles. The van der Waals surface area contributed by atoms with Crippen molar-refractivity contribution in [1.29, 1.82) is 0 Å². The first-order valence-corrected chi connectivity index (χ1v) is 6.44. The Hall–Kier alpha value is -1.51. The Bertz CT molecular complexity index is 393. The summed E-state index contributed by atoms with van der Waals surface area (Å²) in [5.74, 6) is -0.202. The van der Waals surface area contributed by atoms with Crippen LogP contribution >= 0.6 is 0 Å². The van der Waals surface area contributed by atoms with Gasteiger partial charge >= 0.3 is 5.97 Å². The van der Waals surface area contributed by atoms with Gasteiger partial charge < -0.3 is 10.0 Å². The van der Waals surface area contributed by atoms with Crippen LogP contribution in [0.15, 0.2) is 18.2 Å². The van der Waals surface area contributed by atoms with Crippen LogP contribution in [0, 0.1) is 19.8 Å². The molecule has 0 aromatic heterocycles. The average molecular weight is 249 g/mol.